The van der Waals surface area contributed by atoms with Gasteiger partial charge in [-0.2, -0.15) is 5.11 Å². The Bertz CT molecular complexity index is 1710. The molecule has 2 saturated heterocycles. The van der Waals surface area contributed by atoms with Crippen molar-refractivity contribution in [1.29, 1.82) is 0 Å². The van der Waals surface area contributed by atoms with Crippen LogP contribution in [0.5, 0.6) is 11.5 Å². The number of benzene rings is 2. The van der Waals surface area contributed by atoms with Gasteiger partial charge in [-0.3, -0.25) is 19.2 Å². The highest BCUT2D eigenvalue weighted by Crippen LogP contribution is 2.43. The molecule has 0 bridgehead atoms. The predicted molar refractivity (Wildman–Crippen MR) is 191 cm³/mol. The van der Waals surface area contributed by atoms with E-state index in [0.29, 0.717) is 86.1 Å². The van der Waals surface area contributed by atoms with Gasteiger partial charge >= 0.3 is 5.97 Å². The highest BCUT2D eigenvalue weighted by Gasteiger charge is 2.48. The smallest absolute Gasteiger partial charge is 0.303 e. The number of Topliss-reactive ketones (excluding diaryl/α,β-unsaturated/α-hetero) is 1. The van der Waals surface area contributed by atoms with Gasteiger partial charge in [0.2, 0.25) is 5.91 Å². The molecular weight excluding hydrogens is 654 g/mol. The van der Waals surface area contributed by atoms with E-state index in [0.717, 1.165) is 5.56 Å². The average Bonchev–Trinajstić information content (AvgIpc) is 3.65. The lowest BCUT2D eigenvalue weighted by Gasteiger charge is -2.46. The zero-order valence-corrected chi connectivity index (χ0v) is 29.7. The van der Waals surface area contributed by atoms with Crippen LogP contribution in [0.4, 0.5) is 0 Å². The standard InChI is InChI=1S/C37H49N7O7/c1-5-39-36(51)28-16-22(15-27(34(28)29-20-41-43-42-29)26-18-25(21(2)3)30(45)19-31(26)46)14-24-17-23(8-11-40-24)35(50)37(9-12-38-13-10-37)44(4)32(47)6-7-33(48)49/h15-16,18-21,23-24,29,38,40,45-46H,5-14,17H2,1-4H3,(H,39,51)(H,48,49). The van der Waals surface area contributed by atoms with Crippen molar-refractivity contribution < 1.29 is 34.5 Å². The molecule has 0 radical (unpaired) electrons. The van der Waals surface area contributed by atoms with Crippen molar-refractivity contribution in [2.24, 2.45) is 21.4 Å². The molecular formula is C37H49N7O7. The van der Waals surface area contributed by atoms with Crippen molar-refractivity contribution in [2.45, 2.75) is 89.3 Å². The third-order valence-electron chi connectivity index (χ3n) is 10.4. The van der Waals surface area contributed by atoms with Crippen LogP contribution in [0.1, 0.15) is 98.3 Å². The van der Waals surface area contributed by atoms with Crippen molar-refractivity contribution >= 4 is 29.8 Å². The van der Waals surface area contributed by atoms with Gasteiger partial charge in [0.15, 0.2) is 5.78 Å². The summed E-state index contributed by atoms with van der Waals surface area (Å²) in [6.07, 6.45) is 3.55. The van der Waals surface area contributed by atoms with Crippen LogP contribution in [0.15, 0.2) is 39.7 Å². The Hall–Kier alpha value is -4.69. The number of phenols is 2. The second kappa shape index (κ2) is 16.1. The molecule has 0 saturated carbocycles. The van der Waals surface area contributed by atoms with Gasteiger partial charge < -0.3 is 36.2 Å². The lowest BCUT2D eigenvalue weighted by molar-refractivity contribution is -0.150. The summed E-state index contributed by atoms with van der Waals surface area (Å²) >= 11 is 0. The van der Waals surface area contributed by atoms with Crippen molar-refractivity contribution in [3.05, 3.63) is 46.5 Å². The van der Waals surface area contributed by atoms with E-state index in [9.17, 15) is 29.4 Å². The van der Waals surface area contributed by atoms with Crippen LogP contribution in [0.25, 0.3) is 11.1 Å². The van der Waals surface area contributed by atoms with Crippen molar-refractivity contribution in [3.8, 4) is 22.6 Å². The average molecular weight is 704 g/mol. The minimum Gasteiger partial charge on any atom is -0.508 e. The molecule has 2 aromatic rings. The Balaban J connectivity index is 1.51. The number of piperidine rings is 2. The molecule has 274 valence electrons. The summed E-state index contributed by atoms with van der Waals surface area (Å²) in [6, 6.07) is 5.98. The fourth-order valence-corrected chi connectivity index (χ4v) is 7.70. The first-order chi connectivity index (χ1) is 24.4. The number of likely N-dealkylation sites (N-methyl/N-ethyl adjacent to an activating group) is 1. The highest BCUT2D eigenvalue weighted by atomic mass is 16.4. The molecule has 3 aliphatic heterocycles. The molecule has 3 heterocycles. The van der Waals surface area contributed by atoms with E-state index in [1.54, 1.807) is 19.3 Å². The number of amides is 2. The molecule has 51 heavy (non-hydrogen) atoms. The first-order valence-corrected chi connectivity index (χ1v) is 17.8. The number of carboxylic acid groups (broad SMARTS) is 1. The molecule has 3 unspecified atom stereocenters. The number of aromatic hydroxyl groups is 2. The first kappa shape index (κ1) is 37.6. The lowest BCUT2D eigenvalue weighted by atomic mass is 9.73. The number of nitrogens with one attached hydrogen (secondary N) is 3. The van der Waals surface area contributed by atoms with E-state index in [-0.39, 0.29) is 59.8 Å². The molecule has 3 atom stereocenters. The van der Waals surface area contributed by atoms with Crippen molar-refractivity contribution in [1.82, 2.24) is 20.9 Å². The quantitative estimate of drug-likeness (QED) is 0.178. The number of hydrogen-bond acceptors (Lipinski definition) is 11. The number of aliphatic carboxylic acids is 1. The summed E-state index contributed by atoms with van der Waals surface area (Å²) in [5.41, 5.74) is 2.29. The van der Waals surface area contributed by atoms with E-state index in [2.05, 4.69) is 31.4 Å². The molecule has 2 amide bonds. The Kier molecular flexibility index (Phi) is 11.9. The maximum Gasteiger partial charge on any atom is 0.303 e. The van der Waals surface area contributed by atoms with Gasteiger partial charge in [0, 0.05) is 54.7 Å². The first-order valence-electron chi connectivity index (χ1n) is 17.8. The fourth-order valence-electron chi connectivity index (χ4n) is 7.70. The number of rotatable bonds is 13. The molecule has 0 spiro atoms. The van der Waals surface area contributed by atoms with Crippen LogP contribution < -0.4 is 16.0 Å². The predicted octanol–water partition coefficient (Wildman–Crippen LogP) is 4.06. The number of carboxylic acids is 1. The Morgan fingerprint density at radius 1 is 1.02 bits per heavy atom. The van der Waals surface area contributed by atoms with Crippen LogP contribution in [-0.2, 0) is 20.8 Å². The number of phenolic OH excluding ortho intramolecular Hbond substituents is 2. The summed E-state index contributed by atoms with van der Waals surface area (Å²) in [5.74, 6) is -2.30. The zero-order chi connectivity index (χ0) is 36.9. The maximum atomic E-state index is 14.5. The molecule has 2 aromatic carbocycles. The van der Waals surface area contributed by atoms with Crippen LogP contribution in [0.3, 0.4) is 0 Å². The Morgan fingerprint density at radius 2 is 1.76 bits per heavy atom. The normalized spacial score (nSPS) is 21.1. The second-order valence-corrected chi connectivity index (χ2v) is 14.0. The van der Waals surface area contributed by atoms with Gasteiger partial charge in [0.25, 0.3) is 5.91 Å². The van der Waals surface area contributed by atoms with Gasteiger partial charge in [-0.15, -0.1) is 5.10 Å². The number of carbonyl (C=O) groups excluding carboxylic acids is 3. The summed E-state index contributed by atoms with van der Waals surface area (Å²) in [7, 11) is 1.62. The number of carbonyl (C=O) groups is 4. The summed E-state index contributed by atoms with van der Waals surface area (Å²) < 4.78 is 0. The second-order valence-electron chi connectivity index (χ2n) is 14.0. The van der Waals surface area contributed by atoms with Crippen LogP contribution in [0.2, 0.25) is 0 Å². The maximum absolute atomic E-state index is 14.5. The van der Waals surface area contributed by atoms with Crippen molar-refractivity contribution in [3.63, 3.8) is 0 Å². The number of ketones is 1. The largest absolute Gasteiger partial charge is 0.508 e. The molecule has 14 heteroatoms. The van der Waals surface area contributed by atoms with E-state index < -0.39 is 17.6 Å². The molecule has 0 aliphatic carbocycles. The van der Waals surface area contributed by atoms with Gasteiger partial charge in [0.1, 0.15) is 23.1 Å². The van der Waals surface area contributed by atoms with Crippen molar-refractivity contribution in [2.75, 3.05) is 33.2 Å². The number of hydrogen-bond donors (Lipinski definition) is 6. The van der Waals surface area contributed by atoms with Crippen LogP contribution in [0, 0.1) is 5.92 Å². The summed E-state index contributed by atoms with van der Waals surface area (Å²) in [4.78, 5) is 53.9. The monoisotopic (exact) mass is 703 g/mol. The topological polar surface area (TPSA) is 205 Å². The SMILES string of the molecule is CCNC(=O)c1cc(CC2CC(C(=O)C3(N(C)C(=O)CCC(=O)O)CCNCC3)CCN2)cc(-c2cc(C(C)C)c(O)cc2O)c1C1C=NN=N1. The van der Waals surface area contributed by atoms with E-state index in [4.69, 9.17) is 5.11 Å². The molecule has 3 aliphatic rings. The van der Waals surface area contributed by atoms with Gasteiger partial charge in [-0.1, -0.05) is 19.9 Å². The van der Waals surface area contributed by atoms with E-state index >= 15 is 0 Å². The fraction of sp³-hybridized carbons (Fsp3) is 0.541. The molecule has 2 fully saturated rings. The van der Waals surface area contributed by atoms with E-state index in [1.807, 2.05) is 32.9 Å². The summed E-state index contributed by atoms with van der Waals surface area (Å²) in [5, 5.41) is 52.7. The minimum absolute atomic E-state index is 0.00170. The minimum atomic E-state index is -1.06. The van der Waals surface area contributed by atoms with Crippen LogP contribution >= 0.6 is 0 Å². The number of nitrogens with zero attached hydrogens (tertiary/aromatic N) is 4. The molecule has 5 rings (SSSR count). The molecule has 0 aromatic heterocycles. The lowest BCUT2D eigenvalue weighted by Crippen LogP contribution is -2.62. The summed E-state index contributed by atoms with van der Waals surface area (Å²) in [6.45, 7) is 7.82. The third-order valence-corrected chi connectivity index (χ3v) is 10.4. The van der Waals surface area contributed by atoms with Gasteiger partial charge in [-0.25, -0.2) is 0 Å². The van der Waals surface area contributed by atoms with Crippen LogP contribution in [-0.4, -0.2) is 94.8 Å². The highest BCUT2D eigenvalue weighted by molar-refractivity contribution is 6.00. The zero-order valence-electron chi connectivity index (χ0n) is 29.7. The molecule has 14 nitrogen and oxygen atoms in total. The third kappa shape index (κ3) is 8.12. The van der Waals surface area contributed by atoms with Gasteiger partial charge in [-0.05, 0) is 98.6 Å². The van der Waals surface area contributed by atoms with E-state index in [1.165, 1.54) is 11.0 Å². The van der Waals surface area contributed by atoms with Gasteiger partial charge in [0.05, 0.1) is 12.6 Å². The molecule has 6 N–H and O–H groups in total. The Morgan fingerprint density at radius 3 is 2.41 bits per heavy atom. The Labute approximate surface area is 297 Å².